The third-order valence-corrected chi connectivity index (χ3v) is 10.6. The van der Waals surface area contributed by atoms with E-state index < -0.39 is 0 Å². The second kappa shape index (κ2) is 27.0. The summed E-state index contributed by atoms with van der Waals surface area (Å²) in [5.74, 6) is 1.74. The van der Waals surface area contributed by atoms with Gasteiger partial charge in [0.2, 0.25) is 0 Å². The Bertz CT molecular complexity index is 2130. The highest BCUT2D eigenvalue weighted by Crippen LogP contribution is 2.38. The zero-order valence-electron chi connectivity index (χ0n) is 37.7. The molecule has 312 valence electrons. The van der Waals surface area contributed by atoms with Crippen LogP contribution < -0.4 is 5.73 Å². The molecule has 1 heteroatoms. The maximum atomic E-state index is 6.40. The van der Waals surface area contributed by atoms with Crippen molar-refractivity contribution in [1.29, 1.82) is 0 Å². The number of nitrogen functional groups attached to an aromatic ring is 1. The Kier molecular flexibility index (Phi) is 21.8. The molecule has 2 N–H and O–H groups in total. The average Bonchev–Trinajstić information content (AvgIpc) is 3.27. The summed E-state index contributed by atoms with van der Waals surface area (Å²) in [6.07, 6.45) is 32.4. The van der Waals surface area contributed by atoms with E-state index in [2.05, 4.69) is 170 Å². The normalized spacial score (nSPS) is 19.3. The molecule has 0 saturated heterocycles. The molecule has 0 aliphatic heterocycles. The van der Waals surface area contributed by atoms with Crippen LogP contribution in [0.2, 0.25) is 0 Å². The molecule has 2 aliphatic carbocycles. The van der Waals surface area contributed by atoms with Crippen molar-refractivity contribution in [1.82, 2.24) is 0 Å². The van der Waals surface area contributed by atoms with Crippen molar-refractivity contribution in [3.63, 3.8) is 0 Å². The second-order valence-corrected chi connectivity index (χ2v) is 15.4. The third-order valence-electron chi connectivity index (χ3n) is 10.6. The monoisotopic (exact) mass is 794 g/mol. The zero-order chi connectivity index (χ0) is 43.7. The molecule has 6 rings (SSSR count). The summed E-state index contributed by atoms with van der Waals surface area (Å²) in [4.78, 5) is 0. The quantitative estimate of drug-likeness (QED) is 0.113. The standard InChI is InChI=1S/C30H35N.C21H24.C6H6.C2H6/c1-6-7-8-9-12-22(4)28-18-16-25(20-30(28)31)24-15-17-27(23(5)19-24)29-14-11-10-13-26(29)21(2)3;1-17-11-5-4-6-14-20-15-9-10-16-21(20)19(3)13-8-7-12-18(17)2;1-2-4-6-5-3-1;1-2/h7-21,23,27H,4,6,31H2,1-3,5H3;5,7-13,15-17H,2-4,6,14H2,1H3;1-6H;1-2H3/b8-7?,12-9-;11-5-,12-7-,13-8-;;. The molecule has 4 aromatic rings. The average molecular weight is 794 g/mol. The van der Waals surface area contributed by atoms with Crippen molar-refractivity contribution >= 4 is 22.4 Å². The summed E-state index contributed by atoms with van der Waals surface area (Å²) in [6, 6.07) is 35.7. The molecular weight excluding hydrogens is 723 g/mol. The largest absolute Gasteiger partial charge is 0.398 e. The van der Waals surface area contributed by atoms with Crippen LogP contribution in [-0.4, -0.2) is 0 Å². The fourth-order valence-electron chi connectivity index (χ4n) is 7.12. The van der Waals surface area contributed by atoms with Gasteiger partial charge in [0.05, 0.1) is 0 Å². The van der Waals surface area contributed by atoms with Crippen LogP contribution in [0.25, 0.3) is 16.7 Å². The number of hydrogen-bond donors (Lipinski definition) is 1. The molecule has 0 spiro atoms. The summed E-state index contributed by atoms with van der Waals surface area (Å²) in [7, 11) is 0. The molecule has 0 bridgehead atoms. The predicted molar refractivity (Wildman–Crippen MR) is 270 cm³/mol. The number of nitrogens with two attached hydrogens (primary N) is 1. The smallest absolute Gasteiger partial charge is 0.0399 e. The van der Waals surface area contributed by atoms with E-state index in [0.29, 0.717) is 23.7 Å². The minimum Gasteiger partial charge on any atom is -0.398 e. The lowest BCUT2D eigenvalue weighted by Crippen LogP contribution is -2.12. The predicted octanol–water partition coefficient (Wildman–Crippen LogP) is 16.9. The molecule has 3 atom stereocenters. The lowest BCUT2D eigenvalue weighted by molar-refractivity contribution is 0.627. The first-order valence-electron chi connectivity index (χ1n) is 22.0. The summed E-state index contributed by atoms with van der Waals surface area (Å²) < 4.78 is 0. The van der Waals surface area contributed by atoms with Gasteiger partial charge in [-0.1, -0.05) is 244 Å². The van der Waals surface area contributed by atoms with E-state index in [1.54, 1.807) is 0 Å². The molecule has 60 heavy (non-hydrogen) atoms. The highest BCUT2D eigenvalue weighted by Gasteiger charge is 2.22. The van der Waals surface area contributed by atoms with Gasteiger partial charge in [0, 0.05) is 17.2 Å². The fraction of sp³-hybridized carbons (Fsp3) is 0.254. The van der Waals surface area contributed by atoms with E-state index in [-0.39, 0.29) is 0 Å². The van der Waals surface area contributed by atoms with Crippen LogP contribution in [0, 0.1) is 11.8 Å². The van der Waals surface area contributed by atoms with Crippen LogP contribution in [0.1, 0.15) is 113 Å². The number of benzene rings is 4. The molecule has 0 saturated carbocycles. The van der Waals surface area contributed by atoms with Crippen LogP contribution in [0.5, 0.6) is 0 Å². The Hall–Kier alpha value is -5.92. The minimum absolute atomic E-state index is 0.396. The van der Waals surface area contributed by atoms with Crippen molar-refractivity contribution in [3.8, 4) is 0 Å². The number of allylic oxidation sites excluding steroid dienone is 17. The third kappa shape index (κ3) is 15.7. The second-order valence-electron chi connectivity index (χ2n) is 15.4. The van der Waals surface area contributed by atoms with Crippen LogP contribution in [0.4, 0.5) is 5.69 Å². The summed E-state index contributed by atoms with van der Waals surface area (Å²) in [5, 5.41) is 0. The Balaban J connectivity index is 0.000000284. The molecule has 0 amide bonds. The highest BCUT2D eigenvalue weighted by atomic mass is 14.6. The van der Waals surface area contributed by atoms with Crippen LogP contribution in [0.3, 0.4) is 0 Å². The van der Waals surface area contributed by atoms with Gasteiger partial charge in [-0.2, -0.15) is 0 Å². The topological polar surface area (TPSA) is 26.0 Å². The first-order valence-corrected chi connectivity index (χ1v) is 22.0. The molecule has 2 aliphatic rings. The number of hydrogen-bond acceptors (Lipinski definition) is 1. The molecule has 3 unspecified atom stereocenters. The highest BCUT2D eigenvalue weighted by molar-refractivity contribution is 5.84. The molecular formula is C59H71N. The van der Waals surface area contributed by atoms with Gasteiger partial charge in [-0.25, -0.2) is 0 Å². The van der Waals surface area contributed by atoms with Crippen LogP contribution in [0.15, 0.2) is 207 Å². The Morgan fingerprint density at radius 1 is 0.800 bits per heavy atom. The lowest BCUT2D eigenvalue weighted by Gasteiger charge is -2.27. The fourth-order valence-corrected chi connectivity index (χ4v) is 7.12. The van der Waals surface area contributed by atoms with E-state index in [9.17, 15) is 0 Å². The van der Waals surface area contributed by atoms with Gasteiger partial charge < -0.3 is 5.73 Å². The minimum atomic E-state index is 0.396. The van der Waals surface area contributed by atoms with Gasteiger partial charge in [0.25, 0.3) is 0 Å². The van der Waals surface area contributed by atoms with Gasteiger partial charge in [0.15, 0.2) is 0 Å². The van der Waals surface area contributed by atoms with Crippen molar-refractivity contribution in [2.45, 2.75) is 86.0 Å². The molecule has 0 radical (unpaired) electrons. The Labute approximate surface area is 365 Å². The number of fused-ring (bicyclic) bond motifs is 1. The van der Waals surface area contributed by atoms with E-state index in [4.69, 9.17) is 5.73 Å². The molecule has 0 fully saturated rings. The van der Waals surface area contributed by atoms with Gasteiger partial charge >= 0.3 is 0 Å². The molecule has 1 nitrogen and oxygen atoms in total. The van der Waals surface area contributed by atoms with Crippen LogP contribution in [-0.2, 0) is 6.42 Å². The SMILES string of the molecule is C=C(/C=C\C=CCC)c1ccc(C2=CC(C)C(c3ccccc3C(C)C)C=C2)cc1N.C=C1/C=C\C=C/C(=C)C(C)/C=C\CCCc2ccccc21.CC.c1ccccc1. The van der Waals surface area contributed by atoms with E-state index in [1.165, 1.54) is 34.2 Å². The Morgan fingerprint density at radius 2 is 1.47 bits per heavy atom. The van der Waals surface area contributed by atoms with Crippen molar-refractivity contribution < 1.29 is 0 Å². The summed E-state index contributed by atoms with van der Waals surface area (Å²) in [5.41, 5.74) is 19.2. The molecule has 0 aromatic heterocycles. The van der Waals surface area contributed by atoms with Crippen molar-refractivity contribution in [2.24, 2.45) is 11.8 Å². The van der Waals surface area contributed by atoms with Gasteiger partial charge in [0.1, 0.15) is 0 Å². The van der Waals surface area contributed by atoms with Gasteiger partial charge in [-0.15, -0.1) is 0 Å². The van der Waals surface area contributed by atoms with Crippen molar-refractivity contribution in [3.05, 3.63) is 241 Å². The van der Waals surface area contributed by atoms with Crippen LogP contribution >= 0.6 is 0 Å². The maximum Gasteiger partial charge on any atom is 0.0399 e. The molecule has 0 heterocycles. The first kappa shape index (κ1) is 48.4. The number of rotatable bonds is 7. The van der Waals surface area contributed by atoms with Gasteiger partial charge in [-0.3, -0.25) is 0 Å². The number of anilines is 1. The first-order chi connectivity index (χ1) is 29.1. The van der Waals surface area contributed by atoms with E-state index in [0.717, 1.165) is 52.8 Å². The maximum absolute atomic E-state index is 6.40. The van der Waals surface area contributed by atoms with Crippen molar-refractivity contribution in [2.75, 3.05) is 5.73 Å². The number of aryl methyl sites for hydroxylation is 1. The van der Waals surface area contributed by atoms with E-state index in [1.807, 2.05) is 80.6 Å². The lowest BCUT2D eigenvalue weighted by atomic mass is 9.78. The van der Waals surface area contributed by atoms with Gasteiger partial charge in [-0.05, 0) is 99.6 Å². The molecule has 4 aromatic carbocycles. The summed E-state index contributed by atoms with van der Waals surface area (Å²) in [6.45, 7) is 27.7. The van der Waals surface area contributed by atoms with E-state index >= 15 is 0 Å². The zero-order valence-corrected chi connectivity index (χ0v) is 37.7. The summed E-state index contributed by atoms with van der Waals surface area (Å²) >= 11 is 0. The Morgan fingerprint density at radius 3 is 2.13 bits per heavy atom.